The molecule has 0 spiro atoms. The Morgan fingerprint density at radius 1 is 0.811 bits per heavy atom. The third-order valence-electron chi connectivity index (χ3n) is 7.30. The zero-order valence-corrected chi connectivity index (χ0v) is 21.9. The molecule has 1 N–H and O–H groups in total. The Labute approximate surface area is 217 Å². The zero-order valence-electron chi connectivity index (χ0n) is 20.3. The highest BCUT2D eigenvalue weighted by Gasteiger charge is 2.35. The maximum Gasteiger partial charge on any atom is 0.337 e. The summed E-state index contributed by atoms with van der Waals surface area (Å²) in [5, 5.41) is 0. The van der Waals surface area contributed by atoms with Crippen LogP contribution < -0.4 is 0 Å². The molecule has 11 heteroatoms. The Morgan fingerprint density at radius 2 is 1.24 bits per heavy atom. The van der Waals surface area contributed by atoms with E-state index < -0.39 is 49.1 Å². The summed E-state index contributed by atoms with van der Waals surface area (Å²) in [6.07, 6.45) is 8.85. The van der Waals surface area contributed by atoms with Crippen molar-refractivity contribution in [3.8, 4) is 0 Å². The van der Waals surface area contributed by atoms with Crippen molar-refractivity contribution < 1.29 is 40.1 Å². The van der Waals surface area contributed by atoms with Gasteiger partial charge in [0.15, 0.2) is 28.2 Å². The number of methoxy groups -OCH3 is 1. The first kappa shape index (κ1) is 27.9. The van der Waals surface area contributed by atoms with Gasteiger partial charge in [-0.25, -0.2) is 22.4 Å². The van der Waals surface area contributed by atoms with Crippen LogP contribution in [-0.4, -0.2) is 26.0 Å². The summed E-state index contributed by atoms with van der Waals surface area (Å²) in [6.45, 7) is 0. The molecule has 0 aliphatic heterocycles. The number of carbonyl (C=O) groups is 1. The van der Waals surface area contributed by atoms with Crippen LogP contribution in [0.1, 0.15) is 97.5 Å². The predicted molar refractivity (Wildman–Crippen MR) is 130 cm³/mol. The number of halogens is 4. The van der Waals surface area contributed by atoms with Gasteiger partial charge in [0.05, 0.1) is 17.6 Å². The molecular weight excluding hydrogens is 532 g/mol. The summed E-state index contributed by atoms with van der Waals surface area (Å²) in [7, 11) is -4.30. The third-order valence-corrected chi connectivity index (χ3v) is 9.41. The lowest BCUT2D eigenvalue weighted by molar-refractivity contribution is 0.0600. The average molecular weight is 561 g/mol. The van der Waals surface area contributed by atoms with Crippen LogP contribution in [0.2, 0.25) is 0 Å². The lowest BCUT2D eigenvalue weighted by Gasteiger charge is -2.30. The zero-order chi connectivity index (χ0) is 26.9. The summed E-state index contributed by atoms with van der Waals surface area (Å²) in [4.78, 5) is 9.87. The lowest BCUT2D eigenvalue weighted by atomic mass is 9.79. The first-order valence-electron chi connectivity index (χ1n) is 12.3. The van der Waals surface area contributed by atoms with E-state index in [1.54, 1.807) is 12.1 Å². The van der Waals surface area contributed by atoms with Crippen LogP contribution in [0.3, 0.4) is 0 Å². The molecule has 0 aromatic heterocycles. The molecule has 2 aliphatic rings. The Balaban J connectivity index is 1.95. The van der Waals surface area contributed by atoms with Crippen molar-refractivity contribution in [3.05, 3.63) is 52.1 Å². The summed E-state index contributed by atoms with van der Waals surface area (Å²) in [5.41, 5.74) is 1.62. The molecule has 2 aliphatic carbocycles. The quantitative estimate of drug-likeness (QED) is 0.170. The number of esters is 1. The highest BCUT2D eigenvalue weighted by atomic mass is 32.2. The lowest BCUT2D eigenvalue weighted by Crippen LogP contribution is -2.15. The minimum Gasteiger partial charge on any atom is -0.465 e. The van der Waals surface area contributed by atoms with Gasteiger partial charge >= 0.3 is 16.1 Å². The second-order valence-corrected chi connectivity index (χ2v) is 12.0. The molecule has 5 nitrogen and oxygen atoms in total. The van der Waals surface area contributed by atoms with Crippen molar-refractivity contribution in [1.82, 2.24) is 0 Å². The van der Waals surface area contributed by atoms with Crippen molar-refractivity contribution in [2.24, 2.45) is 0 Å². The van der Waals surface area contributed by atoms with E-state index in [-0.39, 0.29) is 11.8 Å². The molecule has 0 bridgehead atoms. The monoisotopic (exact) mass is 560 g/mol. The van der Waals surface area contributed by atoms with Crippen molar-refractivity contribution in [2.45, 2.75) is 90.7 Å². The van der Waals surface area contributed by atoms with Crippen molar-refractivity contribution in [1.29, 1.82) is 0 Å². The minimum absolute atomic E-state index is 0.0406. The molecule has 0 amide bonds. The summed E-state index contributed by atoms with van der Waals surface area (Å²) < 4.78 is 96.3. The van der Waals surface area contributed by atoms with Gasteiger partial charge in [-0.3, -0.25) is 4.55 Å². The van der Waals surface area contributed by atoms with Crippen LogP contribution in [0, 0.1) is 23.3 Å². The molecule has 2 saturated carbocycles. The van der Waals surface area contributed by atoms with E-state index in [0.717, 1.165) is 64.2 Å². The summed E-state index contributed by atoms with van der Waals surface area (Å²) in [5.74, 6) is -8.82. The number of rotatable bonds is 6. The van der Waals surface area contributed by atoms with Gasteiger partial charge < -0.3 is 4.74 Å². The molecular formula is C26H28F4O5S2. The Bertz CT molecular complexity index is 1230. The van der Waals surface area contributed by atoms with Gasteiger partial charge in [-0.05, 0) is 60.8 Å². The maximum atomic E-state index is 15.1. The van der Waals surface area contributed by atoms with E-state index in [1.165, 1.54) is 7.11 Å². The normalized spacial score (nSPS) is 17.7. The van der Waals surface area contributed by atoms with E-state index >= 15 is 8.78 Å². The molecule has 0 saturated heterocycles. The molecule has 0 heterocycles. The highest BCUT2D eigenvalue weighted by molar-refractivity contribution is 7.99. The van der Waals surface area contributed by atoms with E-state index in [2.05, 4.69) is 0 Å². The van der Waals surface area contributed by atoms with Crippen molar-refractivity contribution in [3.63, 3.8) is 0 Å². The van der Waals surface area contributed by atoms with Crippen molar-refractivity contribution in [2.75, 3.05) is 7.11 Å². The van der Waals surface area contributed by atoms with Gasteiger partial charge in [-0.15, -0.1) is 0 Å². The molecule has 2 fully saturated rings. The SMILES string of the molecule is COC(=O)c1cc(C2CCCCC2)c(Sc2c(F)c(F)c(S(=O)(=O)O)c(F)c2F)c(C2CCCCC2)c1. The largest absolute Gasteiger partial charge is 0.465 e. The number of hydrogen-bond donors (Lipinski definition) is 1. The predicted octanol–water partition coefficient (Wildman–Crippen LogP) is 7.52. The molecule has 0 atom stereocenters. The average Bonchev–Trinajstić information content (AvgIpc) is 2.89. The standard InChI is InChI=1S/C26H28F4O5S2/c1-35-26(31)16-12-17(14-8-4-2-5-9-14)23(18(13-16)15-10-6-3-7-11-15)36-24-19(27)21(29)25(37(32,33)34)22(30)20(24)28/h12-15H,2-11H2,1H3,(H,32,33,34). The van der Waals surface area contributed by atoms with E-state index in [4.69, 9.17) is 9.29 Å². The van der Waals surface area contributed by atoms with Gasteiger partial charge in [0.25, 0.3) is 0 Å². The van der Waals surface area contributed by atoms with Crippen LogP contribution in [0.15, 0.2) is 26.8 Å². The fourth-order valence-corrected chi connectivity index (χ4v) is 7.35. The number of ether oxygens (including phenoxy) is 1. The second kappa shape index (κ2) is 11.3. The Morgan fingerprint density at radius 3 is 1.62 bits per heavy atom. The summed E-state index contributed by atoms with van der Waals surface area (Å²) in [6, 6.07) is 3.26. The van der Waals surface area contributed by atoms with E-state index in [1.807, 2.05) is 0 Å². The molecule has 37 heavy (non-hydrogen) atoms. The topological polar surface area (TPSA) is 80.7 Å². The molecule has 0 radical (unpaired) electrons. The number of benzene rings is 2. The fraction of sp³-hybridized carbons (Fsp3) is 0.500. The molecule has 2 aromatic rings. The Hall–Kier alpha value is -2.11. The van der Waals surface area contributed by atoms with Gasteiger partial charge in [-0.1, -0.05) is 50.3 Å². The molecule has 202 valence electrons. The molecule has 4 rings (SSSR count). The first-order chi connectivity index (χ1) is 17.5. The van der Waals surface area contributed by atoms with Gasteiger partial charge in [-0.2, -0.15) is 8.42 Å². The maximum absolute atomic E-state index is 15.1. The van der Waals surface area contributed by atoms with Gasteiger partial charge in [0.1, 0.15) is 0 Å². The van der Waals surface area contributed by atoms with Gasteiger partial charge in [0, 0.05) is 4.90 Å². The van der Waals surface area contributed by atoms with Crippen LogP contribution in [0.25, 0.3) is 0 Å². The first-order valence-corrected chi connectivity index (χ1v) is 14.6. The van der Waals surface area contributed by atoms with Crippen LogP contribution in [-0.2, 0) is 14.9 Å². The Kier molecular flexibility index (Phi) is 8.55. The van der Waals surface area contributed by atoms with Crippen molar-refractivity contribution >= 4 is 27.8 Å². The van der Waals surface area contributed by atoms with Crippen LogP contribution in [0.4, 0.5) is 17.6 Å². The summed E-state index contributed by atoms with van der Waals surface area (Å²) >= 11 is 0.498. The van der Waals surface area contributed by atoms with Crippen LogP contribution in [0.5, 0.6) is 0 Å². The van der Waals surface area contributed by atoms with Crippen LogP contribution >= 0.6 is 11.8 Å². The number of carbonyl (C=O) groups excluding carboxylic acids is 1. The number of hydrogen-bond acceptors (Lipinski definition) is 5. The van der Waals surface area contributed by atoms with E-state index in [9.17, 15) is 22.0 Å². The fourth-order valence-electron chi connectivity index (χ4n) is 5.47. The third kappa shape index (κ3) is 5.68. The minimum atomic E-state index is -5.56. The molecule has 2 aromatic carbocycles. The van der Waals surface area contributed by atoms with Gasteiger partial charge in [0.2, 0.25) is 0 Å². The smallest absolute Gasteiger partial charge is 0.337 e. The second-order valence-electron chi connectivity index (χ2n) is 9.64. The molecule has 0 unspecified atom stereocenters. The van der Waals surface area contributed by atoms with E-state index in [0.29, 0.717) is 33.3 Å². The highest BCUT2D eigenvalue weighted by Crippen LogP contribution is 2.48.